The number of methoxy groups -OCH3 is 2. The van der Waals surface area contributed by atoms with E-state index in [0.29, 0.717) is 0 Å². The van der Waals surface area contributed by atoms with E-state index in [9.17, 15) is 4.79 Å². The van der Waals surface area contributed by atoms with E-state index >= 15 is 0 Å². The van der Waals surface area contributed by atoms with Crippen LogP contribution in [0.2, 0.25) is 0 Å². The highest BCUT2D eigenvalue weighted by molar-refractivity contribution is 7.99. The zero-order valence-electron chi connectivity index (χ0n) is 9.79. The minimum Gasteiger partial charge on any atom is -0.469 e. The Hall–Kier alpha value is -0.220. The molecule has 0 fully saturated rings. The Bertz CT molecular complexity index is 192. The number of esters is 1. The van der Waals surface area contributed by atoms with Gasteiger partial charge in [0.2, 0.25) is 0 Å². The van der Waals surface area contributed by atoms with Crippen molar-refractivity contribution in [2.75, 3.05) is 20.5 Å². The van der Waals surface area contributed by atoms with Gasteiger partial charge in [-0.15, -0.1) is 0 Å². The zero-order chi connectivity index (χ0) is 11.4. The van der Waals surface area contributed by atoms with Gasteiger partial charge in [0.15, 0.2) is 0 Å². The summed E-state index contributed by atoms with van der Waals surface area (Å²) >= 11 is 1.68. The lowest BCUT2D eigenvalue weighted by atomic mass is 9.85. The molecule has 0 aromatic carbocycles. The maximum Gasteiger partial charge on any atom is 0.313 e. The van der Waals surface area contributed by atoms with Gasteiger partial charge < -0.3 is 9.47 Å². The minimum atomic E-state index is -0.605. The molecule has 14 heavy (non-hydrogen) atoms. The number of carbonyl (C=O) groups is 1. The van der Waals surface area contributed by atoms with Gasteiger partial charge in [0, 0.05) is 12.4 Å². The molecule has 0 aliphatic carbocycles. The second-order valence-electron chi connectivity index (χ2n) is 3.81. The van der Waals surface area contributed by atoms with Crippen LogP contribution < -0.4 is 0 Å². The Labute approximate surface area is 90.5 Å². The standard InChI is InChI=1S/C10H20O3S/c1-7(14-6)8(12-4)10(2,3)9(11)13-5/h7-8H,1-6H3/t7-,8-/m0/s1. The molecule has 0 unspecified atom stereocenters. The second kappa shape index (κ2) is 5.61. The molecule has 0 rings (SSSR count). The van der Waals surface area contributed by atoms with Gasteiger partial charge in [0.25, 0.3) is 0 Å². The van der Waals surface area contributed by atoms with Crippen LogP contribution in [0, 0.1) is 5.41 Å². The monoisotopic (exact) mass is 220 g/mol. The predicted octanol–water partition coefficient (Wildman–Crippen LogP) is 1.95. The molecule has 4 heteroatoms. The zero-order valence-corrected chi connectivity index (χ0v) is 10.6. The summed E-state index contributed by atoms with van der Waals surface area (Å²) < 4.78 is 10.1. The maximum absolute atomic E-state index is 11.5. The average Bonchev–Trinajstić information content (AvgIpc) is 2.16. The first kappa shape index (κ1) is 13.8. The first-order valence-corrected chi connectivity index (χ1v) is 5.84. The van der Waals surface area contributed by atoms with Gasteiger partial charge in [0.1, 0.15) is 0 Å². The van der Waals surface area contributed by atoms with Crippen LogP contribution in [0.25, 0.3) is 0 Å². The van der Waals surface area contributed by atoms with Crippen molar-refractivity contribution in [1.82, 2.24) is 0 Å². The molecule has 0 aromatic heterocycles. The summed E-state index contributed by atoms with van der Waals surface area (Å²) in [5.41, 5.74) is -0.605. The third-order valence-corrected chi connectivity index (χ3v) is 3.47. The largest absolute Gasteiger partial charge is 0.469 e. The lowest BCUT2D eigenvalue weighted by Crippen LogP contribution is -2.44. The summed E-state index contributed by atoms with van der Waals surface area (Å²) in [6.07, 6.45) is 1.87. The van der Waals surface area contributed by atoms with Gasteiger partial charge in [-0.1, -0.05) is 6.92 Å². The van der Waals surface area contributed by atoms with E-state index in [1.54, 1.807) is 18.9 Å². The van der Waals surface area contributed by atoms with Crippen LogP contribution in [0.5, 0.6) is 0 Å². The summed E-state index contributed by atoms with van der Waals surface area (Å²) in [5, 5.41) is 0.258. The van der Waals surface area contributed by atoms with E-state index in [-0.39, 0.29) is 17.3 Å². The summed E-state index contributed by atoms with van der Waals surface area (Å²) in [7, 11) is 3.03. The Morgan fingerprint density at radius 2 is 1.86 bits per heavy atom. The number of hydrogen-bond acceptors (Lipinski definition) is 4. The first-order valence-electron chi connectivity index (χ1n) is 4.55. The van der Waals surface area contributed by atoms with Crippen molar-refractivity contribution in [1.29, 1.82) is 0 Å². The molecule has 0 aliphatic heterocycles. The number of rotatable bonds is 5. The fourth-order valence-electron chi connectivity index (χ4n) is 1.58. The van der Waals surface area contributed by atoms with Gasteiger partial charge in [-0.3, -0.25) is 4.79 Å². The second-order valence-corrected chi connectivity index (χ2v) is 5.03. The molecule has 0 aliphatic rings. The summed E-state index contributed by atoms with van der Waals surface area (Å²) in [6, 6.07) is 0. The topological polar surface area (TPSA) is 35.5 Å². The number of carbonyl (C=O) groups excluding carboxylic acids is 1. The van der Waals surface area contributed by atoms with Crippen molar-refractivity contribution < 1.29 is 14.3 Å². The van der Waals surface area contributed by atoms with Gasteiger partial charge in [0.05, 0.1) is 18.6 Å². The summed E-state index contributed by atoms with van der Waals surface area (Å²) in [4.78, 5) is 11.5. The highest BCUT2D eigenvalue weighted by Crippen LogP contribution is 2.31. The van der Waals surface area contributed by atoms with E-state index in [1.165, 1.54) is 7.11 Å². The maximum atomic E-state index is 11.5. The Morgan fingerprint density at radius 1 is 1.36 bits per heavy atom. The fraction of sp³-hybridized carbons (Fsp3) is 0.900. The van der Waals surface area contributed by atoms with Gasteiger partial charge in [-0.25, -0.2) is 0 Å². The molecule has 0 N–H and O–H groups in total. The molecule has 0 aromatic rings. The Balaban J connectivity index is 4.73. The van der Waals surface area contributed by atoms with Crippen LogP contribution in [-0.2, 0) is 14.3 Å². The Kier molecular flexibility index (Phi) is 5.52. The fourth-order valence-corrected chi connectivity index (χ4v) is 2.27. The molecule has 2 atom stereocenters. The van der Waals surface area contributed by atoms with E-state index in [1.807, 2.05) is 27.0 Å². The number of ether oxygens (including phenoxy) is 2. The lowest BCUT2D eigenvalue weighted by Gasteiger charge is -2.33. The smallest absolute Gasteiger partial charge is 0.313 e. The van der Waals surface area contributed by atoms with Gasteiger partial charge >= 0.3 is 5.97 Å². The molecule has 0 saturated heterocycles. The van der Waals surface area contributed by atoms with Crippen molar-refractivity contribution in [2.24, 2.45) is 5.41 Å². The van der Waals surface area contributed by atoms with Crippen molar-refractivity contribution in [3.05, 3.63) is 0 Å². The summed E-state index contributed by atoms with van der Waals surface area (Å²) in [5.74, 6) is -0.231. The lowest BCUT2D eigenvalue weighted by molar-refractivity contribution is -0.158. The molecule has 84 valence electrons. The van der Waals surface area contributed by atoms with E-state index < -0.39 is 5.41 Å². The van der Waals surface area contributed by atoms with Crippen molar-refractivity contribution >= 4 is 17.7 Å². The molecule has 0 amide bonds. The highest BCUT2D eigenvalue weighted by Gasteiger charge is 2.41. The molecule has 0 bridgehead atoms. The predicted molar refractivity (Wildman–Crippen MR) is 59.6 cm³/mol. The molecule has 0 spiro atoms. The molecule has 0 saturated carbocycles. The number of hydrogen-bond donors (Lipinski definition) is 0. The SMILES string of the molecule is COC(=O)C(C)(C)[C@@H](OC)[C@H](C)SC. The van der Waals surface area contributed by atoms with E-state index in [4.69, 9.17) is 9.47 Å². The van der Waals surface area contributed by atoms with Gasteiger partial charge in [-0.05, 0) is 20.1 Å². The summed E-state index contributed by atoms with van der Waals surface area (Å²) in [6.45, 7) is 5.74. The third kappa shape index (κ3) is 2.89. The van der Waals surface area contributed by atoms with Crippen LogP contribution in [0.15, 0.2) is 0 Å². The molecule has 0 radical (unpaired) electrons. The third-order valence-electron chi connectivity index (χ3n) is 2.47. The highest BCUT2D eigenvalue weighted by atomic mass is 32.2. The molecule has 0 heterocycles. The van der Waals surface area contributed by atoms with E-state index in [0.717, 1.165) is 0 Å². The number of thioether (sulfide) groups is 1. The molecular weight excluding hydrogens is 200 g/mol. The van der Waals surface area contributed by atoms with Crippen LogP contribution in [0.3, 0.4) is 0 Å². The van der Waals surface area contributed by atoms with Crippen molar-refractivity contribution in [3.63, 3.8) is 0 Å². The van der Waals surface area contributed by atoms with Crippen LogP contribution in [-0.4, -0.2) is 37.8 Å². The van der Waals surface area contributed by atoms with Crippen molar-refractivity contribution in [3.8, 4) is 0 Å². The quantitative estimate of drug-likeness (QED) is 0.663. The van der Waals surface area contributed by atoms with E-state index in [2.05, 4.69) is 0 Å². The van der Waals surface area contributed by atoms with Crippen LogP contribution >= 0.6 is 11.8 Å². The van der Waals surface area contributed by atoms with Crippen molar-refractivity contribution in [2.45, 2.75) is 32.1 Å². The Morgan fingerprint density at radius 3 is 2.14 bits per heavy atom. The van der Waals surface area contributed by atoms with Crippen LogP contribution in [0.4, 0.5) is 0 Å². The average molecular weight is 220 g/mol. The van der Waals surface area contributed by atoms with Gasteiger partial charge in [-0.2, -0.15) is 11.8 Å². The normalized spacial score (nSPS) is 16.1. The molecule has 3 nitrogen and oxygen atoms in total. The minimum absolute atomic E-state index is 0.134. The molecular formula is C10H20O3S. The first-order chi connectivity index (χ1) is 6.41. The van der Waals surface area contributed by atoms with Crippen LogP contribution in [0.1, 0.15) is 20.8 Å².